The Hall–Kier alpha value is -1.61. The number of carbonyl (C=O) groups excluding carboxylic acids is 2. The molecule has 2 aromatic rings. The minimum atomic E-state index is -4.98. The smallest absolute Gasteiger partial charge is 0.747 e. The van der Waals surface area contributed by atoms with Crippen LogP contribution in [0.4, 0.5) is 0 Å². The summed E-state index contributed by atoms with van der Waals surface area (Å²) in [5, 5.41) is 3.78. The maximum absolute atomic E-state index is 11.9. The first-order valence-electron chi connectivity index (χ1n) is 14.5. The summed E-state index contributed by atoms with van der Waals surface area (Å²) >= 11 is 0. The van der Waals surface area contributed by atoms with Crippen LogP contribution in [-0.4, -0.2) is 56.8 Å². The summed E-state index contributed by atoms with van der Waals surface area (Å²) in [5.74, 6) is -2.03. The van der Waals surface area contributed by atoms with Crippen molar-refractivity contribution in [3.63, 3.8) is 0 Å². The molecule has 0 radical (unpaired) electrons. The number of nitrogens with zero attached hydrogens (tertiary/aromatic N) is 1. The quantitative estimate of drug-likeness (QED) is 0.102. The molecule has 0 aliphatic heterocycles. The predicted molar refractivity (Wildman–Crippen MR) is 160 cm³/mol. The van der Waals surface area contributed by atoms with Gasteiger partial charge >= 0.3 is 41.5 Å². The van der Waals surface area contributed by atoms with Gasteiger partial charge in [0.2, 0.25) is 10.0 Å². The van der Waals surface area contributed by atoms with Crippen LogP contribution in [-0.2, 0) is 39.2 Å². The molecule has 1 aromatic carbocycles. The zero-order valence-corrected chi connectivity index (χ0v) is 29.3. The Balaban J connectivity index is 0.000000973. The number of pyridine rings is 1. The molecule has 0 fully saturated rings. The zero-order chi connectivity index (χ0) is 31.4. The first kappa shape index (κ1) is 41.4. The molecular formula is C29H45N2NaO9S2. The number of hydrogen-bond acceptors (Lipinski definition) is 10. The van der Waals surface area contributed by atoms with Crippen LogP contribution in [0.1, 0.15) is 97.3 Å². The molecule has 1 unspecified atom stereocenters. The first-order valence-corrected chi connectivity index (χ1v) is 17.6. The average Bonchev–Trinajstić information content (AvgIpc) is 2.93. The van der Waals surface area contributed by atoms with E-state index < -0.39 is 43.8 Å². The molecular weight excluding hydrogens is 607 g/mol. The summed E-state index contributed by atoms with van der Waals surface area (Å²) in [6.07, 6.45) is 12.7. The number of esters is 2. The Labute approximate surface area is 278 Å². The third-order valence-corrected chi connectivity index (χ3v) is 8.37. The number of aromatic nitrogens is 1. The number of ether oxygens (including phenoxy) is 2. The molecule has 0 saturated carbocycles. The first-order chi connectivity index (χ1) is 19.9. The minimum Gasteiger partial charge on any atom is -0.747 e. The van der Waals surface area contributed by atoms with Gasteiger partial charge in [-0.3, -0.25) is 14.6 Å². The van der Waals surface area contributed by atoms with Crippen molar-refractivity contribution in [1.29, 1.82) is 0 Å². The zero-order valence-electron chi connectivity index (χ0n) is 25.7. The van der Waals surface area contributed by atoms with Gasteiger partial charge in [-0.15, -0.1) is 0 Å². The fourth-order valence-corrected chi connectivity index (χ4v) is 5.39. The Morgan fingerprint density at radius 3 is 1.86 bits per heavy atom. The summed E-state index contributed by atoms with van der Waals surface area (Å²) in [6, 6.07) is 8.41. The second kappa shape index (κ2) is 22.8. The van der Waals surface area contributed by atoms with Gasteiger partial charge in [0.05, 0.1) is 25.2 Å². The molecule has 238 valence electrons. The molecule has 1 atom stereocenters. The summed E-state index contributed by atoms with van der Waals surface area (Å²) < 4.78 is 66.2. The van der Waals surface area contributed by atoms with Crippen molar-refractivity contribution in [2.75, 3.05) is 13.2 Å². The van der Waals surface area contributed by atoms with Crippen molar-refractivity contribution in [3.8, 4) is 0 Å². The number of rotatable bonds is 19. The number of nitrogens with two attached hydrogens (primary N) is 1. The molecule has 0 bridgehead atoms. The molecule has 43 heavy (non-hydrogen) atoms. The third-order valence-electron chi connectivity index (χ3n) is 6.37. The summed E-state index contributed by atoms with van der Waals surface area (Å²) in [4.78, 5) is 27.8. The number of primary sulfonamides is 1. The normalized spacial score (nSPS) is 12.0. The maximum atomic E-state index is 11.9. The molecule has 14 heteroatoms. The number of hydrogen-bond donors (Lipinski definition) is 1. The van der Waals surface area contributed by atoms with E-state index in [1.165, 1.54) is 18.7 Å². The van der Waals surface area contributed by atoms with Gasteiger partial charge in [-0.25, -0.2) is 22.0 Å². The predicted octanol–water partition coefficient (Wildman–Crippen LogP) is 1.98. The van der Waals surface area contributed by atoms with E-state index in [4.69, 9.17) is 14.6 Å². The van der Waals surface area contributed by atoms with E-state index in [1.807, 2.05) is 0 Å². The van der Waals surface area contributed by atoms with Gasteiger partial charge in [-0.1, -0.05) is 96.3 Å². The third kappa shape index (κ3) is 18.1. The summed E-state index contributed by atoms with van der Waals surface area (Å²) in [7, 11) is -8.68. The molecule has 0 aliphatic carbocycles. The molecule has 2 rings (SSSR count). The maximum Gasteiger partial charge on any atom is 1.00 e. The van der Waals surface area contributed by atoms with Crippen LogP contribution in [0.2, 0.25) is 0 Å². The van der Waals surface area contributed by atoms with Gasteiger partial charge in [-0.05, 0) is 25.0 Å². The van der Waals surface area contributed by atoms with Crippen molar-refractivity contribution in [2.45, 2.75) is 107 Å². The number of sulfonamides is 1. The van der Waals surface area contributed by atoms with Crippen molar-refractivity contribution < 1.29 is 70.0 Å². The summed E-state index contributed by atoms with van der Waals surface area (Å²) in [6.45, 7) is 4.44. The largest absolute Gasteiger partial charge is 1.00 e. The fourth-order valence-electron chi connectivity index (χ4n) is 4.04. The number of carbonyl (C=O) groups is 2. The molecule has 0 aliphatic rings. The topological polar surface area (TPSA) is 183 Å². The standard InChI is InChI=1S/C20H38O7S.C9H8N2O2S.Na/c1-3-5-7-9-11-13-15-26-19(21)17-18(28(23,24)25)20(22)27-16-14-12-10-8-6-4-2;10-14(12,13)8-5-1-3-7-4-2-6-11-9(7)8;/h18H,3-17H2,1-2H3,(H,23,24,25);1-6H,(H2,10,12,13);/q;;+1/p-1. The van der Waals surface area contributed by atoms with Gasteiger partial charge in [0, 0.05) is 11.6 Å². The van der Waals surface area contributed by atoms with Crippen LogP contribution in [0.3, 0.4) is 0 Å². The van der Waals surface area contributed by atoms with Crippen molar-refractivity contribution in [1.82, 2.24) is 4.98 Å². The number of fused-ring (bicyclic) bond motifs is 1. The number of unbranched alkanes of at least 4 members (excludes halogenated alkanes) is 10. The molecule has 11 nitrogen and oxygen atoms in total. The van der Waals surface area contributed by atoms with Crippen molar-refractivity contribution >= 4 is 43.0 Å². The SMILES string of the molecule is CCCCCCCCOC(=O)CC(C(=O)OCCCCCCCC)S(=O)(=O)[O-].NS(=O)(=O)c1cccc2cccnc12.[Na+]. The minimum absolute atomic E-state index is 0. The molecule has 1 heterocycles. The average molecular weight is 653 g/mol. The van der Waals surface area contributed by atoms with Crippen molar-refractivity contribution in [3.05, 3.63) is 36.5 Å². The van der Waals surface area contributed by atoms with Gasteiger partial charge in [0.15, 0.2) is 5.25 Å². The Morgan fingerprint density at radius 1 is 0.814 bits per heavy atom. The Bertz CT molecular complexity index is 1300. The second-order valence-corrected chi connectivity index (χ2v) is 13.1. The molecule has 1 aromatic heterocycles. The Morgan fingerprint density at radius 2 is 1.33 bits per heavy atom. The number of benzene rings is 1. The van der Waals surface area contributed by atoms with E-state index in [2.05, 4.69) is 18.8 Å². The fraction of sp³-hybridized carbons (Fsp3) is 0.621. The number of para-hydroxylation sites is 1. The van der Waals surface area contributed by atoms with Crippen LogP contribution in [0.25, 0.3) is 10.9 Å². The van der Waals surface area contributed by atoms with Crippen LogP contribution in [0, 0.1) is 0 Å². The van der Waals surface area contributed by atoms with Crippen LogP contribution in [0.15, 0.2) is 41.4 Å². The van der Waals surface area contributed by atoms with Gasteiger partial charge < -0.3 is 14.0 Å². The summed E-state index contributed by atoms with van der Waals surface area (Å²) in [5.41, 5.74) is 0.414. The van der Waals surface area contributed by atoms with E-state index in [9.17, 15) is 31.0 Å². The van der Waals surface area contributed by atoms with E-state index in [-0.39, 0.29) is 47.7 Å². The van der Waals surface area contributed by atoms with Gasteiger partial charge in [0.1, 0.15) is 15.0 Å². The van der Waals surface area contributed by atoms with E-state index in [0.717, 1.165) is 63.2 Å². The second-order valence-electron chi connectivity index (χ2n) is 9.99. The molecule has 0 spiro atoms. The monoisotopic (exact) mass is 652 g/mol. The molecule has 2 N–H and O–H groups in total. The van der Waals surface area contributed by atoms with Crippen LogP contribution >= 0.6 is 0 Å². The van der Waals surface area contributed by atoms with Gasteiger partial charge in [-0.2, -0.15) is 0 Å². The molecule has 0 amide bonds. The van der Waals surface area contributed by atoms with Gasteiger partial charge in [0.25, 0.3) is 0 Å². The van der Waals surface area contributed by atoms with Crippen LogP contribution in [0.5, 0.6) is 0 Å². The van der Waals surface area contributed by atoms with E-state index in [0.29, 0.717) is 18.4 Å². The van der Waals surface area contributed by atoms with Crippen LogP contribution < -0.4 is 34.7 Å². The Kier molecular flexibility index (Phi) is 22.0. The van der Waals surface area contributed by atoms with Crippen molar-refractivity contribution in [2.24, 2.45) is 5.14 Å². The van der Waals surface area contributed by atoms with E-state index >= 15 is 0 Å². The molecule has 0 saturated heterocycles. The van der Waals surface area contributed by atoms with E-state index in [1.54, 1.807) is 24.3 Å².